The van der Waals surface area contributed by atoms with Crippen LogP contribution in [0.4, 0.5) is 13.2 Å². The first-order chi connectivity index (χ1) is 12.8. The summed E-state index contributed by atoms with van der Waals surface area (Å²) >= 11 is 0. The fraction of sp³-hybridized carbons (Fsp3) is 0.222. The van der Waals surface area contributed by atoms with E-state index in [1.165, 1.54) is 12.1 Å². The van der Waals surface area contributed by atoms with Crippen LogP contribution in [-0.2, 0) is 17.5 Å². The van der Waals surface area contributed by atoms with Crippen LogP contribution in [0, 0.1) is 0 Å². The largest absolute Gasteiger partial charge is 0.416 e. The van der Waals surface area contributed by atoms with Gasteiger partial charge in [0.05, 0.1) is 11.6 Å². The lowest BCUT2D eigenvalue weighted by Crippen LogP contribution is -2.31. The summed E-state index contributed by atoms with van der Waals surface area (Å²) in [6.07, 6.45) is -4.43. The van der Waals surface area contributed by atoms with Gasteiger partial charge < -0.3 is 5.32 Å². The molecule has 0 fully saturated rings. The van der Waals surface area contributed by atoms with Gasteiger partial charge in [0.15, 0.2) is 0 Å². The number of alkyl halides is 3. The van der Waals surface area contributed by atoms with Crippen LogP contribution < -0.4 is 5.32 Å². The highest BCUT2D eigenvalue weighted by Crippen LogP contribution is 2.30. The number of aromatic nitrogens is 4. The Labute approximate surface area is 153 Å². The highest BCUT2D eigenvalue weighted by molar-refractivity contribution is 5.76. The first-order valence-corrected chi connectivity index (χ1v) is 8.12. The number of nitrogens with zero attached hydrogens (tertiary/aromatic N) is 4. The monoisotopic (exact) mass is 375 g/mol. The van der Waals surface area contributed by atoms with E-state index >= 15 is 0 Å². The van der Waals surface area contributed by atoms with E-state index in [0.29, 0.717) is 11.4 Å². The second-order valence-corrected chi connectivity index (χ2v) is 5.92. The van der Waals surface area contributed by atoms with Gasteiger partial charge in [-0.05, 0) is 29.8 Å². The van der Waals surface area contributed by atoms with E-state index in [4.69, 9.17) is 0 Å². The molecule has 2 aromatic carbocycles. The molecule has 0 saturated heterocycles. The molecule has 0 aliphatic carbocycles. The number of tetrazole rings is 1. The normalized spacial score (nSPS) is 12.6. The van der Waals surface area contributed by atoms with Crippen molar-refractivity contribution in [2.75, 3.05) is 0 Å². The molecule has 6 nitrogen and oxygen atoms in total. The van der Waals surface area contributed by atoms with Crippen molar-refractivity contribution in [3.05, 3.63) is 65.7 Å². The van der Waals surface area contributed by atoms with Gasteiger partial charge in [0.25, 0.3) is 0 Å². The second-order valence-electron chi connectivity index (χ2n) is 5.92. The number of rotatable bonds is 5. The van der Waals surface area contributed by atoms with E-state index < -0.39 is 23.7 Å². The number of amides is 1. The fourth-order valence-corrected chi connectivity index (χ4v) is 2.50. The summed E-state index contributed by atoms with van der Waals surface area (Å²) in [5.74, 6) is -0.0498. The van der Waals surface area contributed by atoms with Gasteiger partial charge in [0.1, 0.15) is 6.54 Å². The summed E-state index contributed by atoms with van der Waals surface area (Å²) in [6, 6.07) is 13.4. The maximum Gasteiger partial charge on any atom is 0.416 e. The maximum atomic E-state index is 12.8. The highest BCUT2D eigenvalue weighted by Gasteiger charge is 2.30. The van der Waals surface area contributed by atoms with Gasteiger partial charge in [-0.1, -0.05) is 42.5 Å². The summed E-state index contributed by atoms with van der Waals surface area (Å²) < 4.78 is 38.4. The number of hydrogen-bond acceptors (Lipinski definition) is 4. The van der Waals surface area contributed by atoms with E-state index in [9.17, 15) is 18.0 Å². The van der Waals surface area contributed by atoms with Crippen molar-refractivity contribution in [2.24, 2.45) is 0 Å². The zero-order valence-electron chi connectivity index (χ0n) is 14.3. The van der Waals surface area contributed by atoms with Gasteiger partial charge in [0.2, 0.25) is 11.7 Å². The Balaban J connectivity index is 1.64. The second kappa shape index (κ2) is 7.56. The van der Waals surface area contributed by atoms with Crippen molar-refractivity contribution in [3.63, 3.8) is 0 Å². The molecule has 3 aromatic rings. The standard InChI is InChI=1S/C18H16F3N5O/c1-12(14-8-5-9-15(10-14)18(19,20)21)22-16(27)11-26-24-17(23-25-26)13-6-3-2-4-7-13/h2-10,12H,11H2,1H3,(H,22,27). The van der Waals surface area contributed by atoms with Gasteiger partial charge >= 0.3 is 6.18 Å². The van der Waals surface area contributed by atoms with Gasteiger partial charge in [-0.15, -0.1) is 10.2 Å². The molecule has 1 atom stereocenters. The molecule has 0 aliphatic heterocycles. The lowest BCUT2D eigenvalue weighted by molar-refractivity contribution is -0.137. The van der Waals surface area contributed by atoms with E-state index in [-0.39, 0.29) is 6.54 Å². The van der Waals surface area contributed by atoms with Gasteiger partial charge in [-0.25, -0.2) is 0 Å². The topological polar surface area (TPSA) is 72.7 Å². The summed E-state index contributed by atoms with van der Waals surface area (Å²) in [4.78, 5) is 13.3. The zero-order chi connectivity index (χ0) is 19.4. The van der Waals surface area contributed by atoms with Crippen molar-refractivity contribution in [1.29, 1.82) is 0 Å². The van der Waals surface area contributed by atoms with E-state index in [1.807, 2.05) is 30.3 Å². The molecular formula is C18H16F3N5O. The molecule has 0 spiro atoms. The Morgan fingerprint density at radius 1 is 1.15 bits per heavy atom. The van der Waals surface area contributed by atoms with Gasteiger partial charge in [0, 0.05) is 5.56 Å². The first-order valence-electron chi connectivity index (χ1n) is 8.12. The SMILES string of the molecule is CC(NC(=O)Cn1nnc(-c2ccccc2)n1)c1cccc(C(F)(F)F)c1. The molecule has 27 heavy (non-hydrogen) atoms. The van der Waals surface area contributed by atoms with Crippen LogP contribution in [0.3, 0.4) is 0 Å². The van der Waals surface area contributed by atoms with Crippen molar-refractivity contribution < 1.29 is 18.0 Å². The Hall–Kier alpha value is -3.23. The molecule has 1 aromatic heterocycles. The minimum Gasteiger partial charge on any atom is -0.348 e. The summed E-state index contributed by atoms with van der Waals surface area (Å²) in [5.41, 5.74) is 0.364. The number of nitrogens with one attached hydrogen (secondary N) is 1. The van der Waals surface area contributed by atoms with E-state index in [2.05, 4.69) is 20.7 Å². The van der Waals surface area contributed by atoms with Crippen LogP contribution in [0.15, 0.2) is 54.6 Å². The minimum absolute atomic E-state index is 0.191. The Morgan fingerprint density at radius 3 is 2.59 bits per heavy atom. The summed E-state index contributed by atoms with van der Waals surface area (Å²) in [6.45, 7) is 1.42. The number of carbonyl (C=O) groups is 1. The molecule has 0 radical (unpaired) electrons. The van der Waals surface area contributed by atoms with Crippen LogP contribution in [0.1, 0.15) is 24.1 Å². The zero-order valence-corrected chi connectivity index (χ0v) is 14.3. The van der Waals surface area contributed by atoms with E-state index in [1.54, 1.807) is 6.92 Å². The molecular weight excluding hydrogens is 359 g/mol. The Morgan fingerprint density at radius 2 is 1.89 bits per heavy atom. The average Bonchev–Trinajstić information content (AvgIpc) is 3.10. The van der Waals surface area contributed by atoms with Crippen molar-refractivity contribution in [2.45, 2.75) is 25.7 Å². The third-order valence-electron chi connectivity index (χ3n) is 3.86. The number of hydrogen-bond donors (Lipinski definition) is 1. The highest BCUT2D eigenvalue weighted by atomic mass is 19.4. The van der Waals surface area contributed by atoms with Crippen molar-refractivity contribution >= 4 is 5.91 Å². The molecule has 1 N–H and O–H groups in total. The summed E-state index contributed by atoms with van der Waals surface area (Å²) in [7, 11) is 0. The average molecular weight is 375 g/mol. The fourth-order valence-electron chi connectivity index (χ4n) is 2.50. The van der Waals surface area contributed by atoms with Gasteiger partial charge in [-0.3, -0.25) is 4.79 Å². The third-order valence-corrected chi connectivity index (χ3v) is 3.86. The lowest BCUT2D eigenvalue weighted by Gasteiger charge is -2.16. The Bertz CT molecular complexity index is 924. The van der Waals surface area contributed by atoms with E-state index in [0.717, 1.165) is 22.5 Å². The molecule has 3 rings (SSSR count). The van der Waals surface area contributed by atoms with Crippen LogP contribution in [0.25, 0.3) is 11.4 Å². The number of carbonyl (C=O) groups excluding carboxylic acids is 1. The Kier molecular flexibility index (Phi) is 5.20. The third kappa shape index (κ3) is 4.69. The number of halogens is 3. The van der Waals surface area contributed by atoms with Crippen LogP contribution in [-0.4, -0.2) is 26.1 Å². The molecule has 9 heteroatoms. The predicted molar refractivity (Wildman–Crippen MR) is 91.3 cm³/mol. The first kappa shape index (κ1) is 18.6. The molecule has 1 heterocycles. The van der Waals surface area contributed by atoms with Crippen LogP contribution in [0.5, 0.6) is 0 Å². The van der Waals surface area contributed by atoms with Crippen LogP contribution >= 0.6 is 0 Å². The minimum atomic E-state index is -4.43. The predicted octanol–water partition coefficient (Wildman–Crippen LogP) is 3.24. The van der Waals surface area contributed by atoms with Crippen molar-refractivity contribution in [1.82, 2.24) is 25.5 Å². The van der Waals surface area contributed by atoms with Gasteiger partial charge in [-0.2, -0.15) is 18.0 Å². The molecule has 1 unspecified atom stereocenters. The maximum absolute atomic E-state index is 12.8. The van der Waals surface area contributed by atoms with Crippen LogP contribution in [0.2, 0.25) is 0 Å². The quantitative estimate of drug-likeness (QED) is 0.743. The molecule has 0 aliphatic rings. The molecule has 1 amide bonds. The smallest absolute Gasteiger partial charge is 0.348 e. The lowest BCUT2D eigenvalue weighted by atomic mass is 10.0. The van der Waals surface area contributed by atoms with Crippen molar-refractivity contribution in [3.8, 4) is 11.4 Å². The number of benzene rings is 2. The molecule has 0 saturated carbocycles. The molecule has 140 valence electrons. The molecule has 0 bridgehead atoms. The summed E-state index contributed by atoms with van der Waals surface area (Å²) in [5, 5.41) is 14.5.